The molecule has 4 aromatic rings. The molecule has 0 radical (unpaired) electrons. The quantitative estimate of drug-likeness (QED) is 0.517. The molecule has 0 saturated heterocycles. The number of benzene rings is 1. The lowest BCUT2D eigenvalue weighted by Crippen LogP contribution is -1.93. The van der Waals surface area contributed by atoms with E-state index in [-0.39, 0.29) is 5.88 Å². The molecule has 25 heavy (non-hydrogen) atoms. The summed E-state index contributed by atoms with van der Waals surface area (Å²) in [6.07, 6.45) is 3.01. The first-order valence-corrected chi connectivity index (χ1v) is 7.76. The van der Waals surface area contributed by atoms with Crippen LogP contribution in [-0.4, -0.2) is 9.97 Å². The lowest BCUT2D eigenvalue weighted by atomic mass is 10.0. The van der Waals surface area contributed by atoms with Crippen LogP contribution in [0.3, 0.4) is 0 Å². The van der Waals surface area contributed by atoms with E-state index in [1.807, 2.05) is 12.1 Å². The lowest BCUT2D eigenvalue weighted by Gasteiger charge is -2.08. The topological polar surface area (TPSA) is 91.0 Å². The highest BCUT2D eigenvalue weighted by molar-refractivity contribution is 6.31. The summed E-state index contributed by atoms with van der Waals surface area (Å²) in [4.78, 5) is 7.99. The Morgan fingerprint density at radius 1 is 1.04 bits per heavy atom. The highest BCUT2D eigenvalue weighted by atomic mass is 35.5. The van der Waals surface area contributed by atoms with Crippen molar-refractivity contribution in [2.24, 2.45) is 0 Å². The number of fused-ring (bicyclic) bond motifs is 1. The average molecular weight is 355 g/mol. The van der Waals surface area contributed by atoms with Crippen LogP contribution in [0.1, 0.15) is 0 Å². The molecule has 1 aromatic carbocycles. The van der Waals surface area contributed by atoms with Gasteiger partial charge in [0.05, 0.1) is 5.39 Å². The molecule has 7 heteroatoms. The molecule has 3 aromatic heterocycles. The van der Waals surface area contributed by atoms with Gasteiger partial charge < -0.3 is 15.9 Å². The minimum atomic E-state index is -0.612. The van der Waals surface area contributed by atoms with Gasteiger partial charge in [-0.05, 0) is 23.8 Å². The van der Waals surface area contributed by atoms with Gasteiger partial charge in [-0.3, -0.25) is 4.98 Å². The number of nitrogen functional groups attached to an aromatic ring is 2. The van der Waals surface area contributed by atoms with Crippen molar-refractivity contribution in [3.63, 3.8) is 0 Å². The molecule has 124 valence electrons. The zero-order chi connectivity index (χ0) is 17.6. The second-order valence-electron chi connectivity index (χ2n) is 5.48. The van der Waals surface area contributed by atoms with Gasteiger partial charge in [-0.1, -0.05) is 23.7 Å². The summed E-state index contributed by atoms with van der Waals surface area (Å²) in [6, 6.07) is 10.2. The van der Waals surface area contributed by atoms with Crippen molar-refractivity contribution in [1.82, 2.24) is 9.97 Å². The molecular weight excluding hydrogens is 343 g/mol. The van der Waals surface area contributed by atoms with Gasteiger partial charge in [-0.2, -0.15) is 4.39 Å². The van der Waals surface area contributed by atoms with E-state index in [4.69, 9.17) is 27.5 Å². The molecule has 0 bridgehead atoms. The van der Waals surface area contributed by atoms with Crippen LogP contribution in [0.2, 0.25) is 5.02 Å². The Hall–Kier alpha value is -3.12. The van der Waals surface area contributed by atoms with E-state index in [2.05, 4.69) is 9.97 Å². The maximum atomic E-state index is 13.5. The fourth-order valence-electron chi connectivity index (χ4n) is 2.78. The smallest absolute Gasteiger partial charge is 0.215 e. The molecule has 0 aliphatic heterocycles. The molecule has 0 spiro atoms. The Morgan fingerprint density at radius 3 is 2.64 bits per heavy atom. The predicted octanol–water partition coefficient (Wildman–Crippen LogP) is 4.51. The van der Waals surface area contributed by atoms with E-state index in [0.29, 0.717) is 32.9 Å². The number of hydrogen-bond acceptors (Lipinski definition) is 5. The number of nitrogens with zero attached hydrogens (tertiary/aromatic N) is 2. The van der Waals surface area contributed by atoms with Crippen LogP contribution in [0, 0.1) is 5.95 Å². The third-order valence-corrected chi connectivity index (χ3v) is 4.15. The normalized spacial score (nSPS) is 11.1. The predicted molar refractivity (Wildman–Crippen MR) is 96.5 cm³/mol. The van der Waals surface area contributed by atoms with Crippen molar-refractivity contribution in [3.8, 4) is 22.4 Å². The molecule has 0 unspecified atom stereocenters. The van der Waals surface area contributed by atoms with Gasteiger partial charge in [-0.25, -0.2) is 4.98 Å². The molecule has 3 heterocycles. The molecule has 4 rings (SSSR count). The van der Waals surface area contributed by atoms with Crippen LogP contribution >= 0.6 is 11.6 Å². The van der Waals surface area contributed by atoms with Crippen molar-refractivity contribution in [1.29, 1.82) is 0 Å². The van der Waals surface area contributed by atoms with Gasteiger partial charge in [0, 0.05) is 34.6 Å². The first-order valence-electron chi connectivity index (χ1n) is 7.39. The Morgan fingerprint density at radius 2 is 1.88 bits per heavy atom. The number of rotatable bonds is 2. The van der Waals surface area contributed by atoms with Crippen molar-refractivity contribution in [2.75, 3.05) is 11.5 Å². The van der Waals surface area contributed by atoms with Crippen molar-refractivity contribution in [3.05, 3.63) is 59.8 Å². The number of pyridine rings is 2. The number of nitrogens with two attached hydrogens (primary N) is 2. The van der Waals surface area contributed by atoms with Gasteiger partial charge in [0.2, 0.25) is 11.8 Å². The Balaban J connectivity index is 2.04. The third kappa shape index (κ3) is 2.56. The second kappa shape index (κ2) is 5.75. The maximum Gasteiger partial charge on any atom is 0.215 e. The van der Waals surface area contributed by atoms with Gasteiger partial charge >= 0.3 is 0 Å². The largest absolute Gasteiger partial charge is 0.436 e. The minimum absolute atomic E-state index is 0.0852. The van der Waals surface area contributed by atoms with Gasteiger partial charge in [0.1, 0.15) is 11.4 Å². The van der Waals surface area contributed by atoms with E-state index in [0.717, 1.165) is 11.1 Å². The van der Waals surface area contributed by atoms with E-state index in [1.165, 1.54) is 12.3 Å². The second-order valence-corrected chi connectivity index (χ2v) is 5.92. The Kier molecular flexibility index (Phi) is 3.54. The maximum absolute atomic E-state index is 13.5. The molecule has 0 atom stereocenters. The van der Waals surface area contributed by atoms with E-state index in [9.17, 15) is 4.39 Å². The van der Waals surface area contributed by atoms with E-state index < -0.39 is 5.95 Å². The van der Waals surface area contributed by atoms with E-state index in [1.54, 1.807) is 24.4 Å². The van der Waals surface area contributed by atoms with Crippen LogP contribution in [0.25, 0.3) is 33.4 Å². The third-order valence-electron chi connectivity index (χ3n) is 3.92. The van der Waals surface area contributed by atoms with Crippen LogP contribution in [0.5, 0.6) is 0 Å². The molecule has 5 nitrogen and oxygen atoms in total. The zero-order valence-electron chi connectivity index (χ0n) is 12.8. The first-order chi connectivity index (χ1) is 12.0. The van der Waals surface area contributed by atoms with Crippen molar-refractivity contribution >= 4 is 34.1 Å². The summed E-state index contributed by atoms with van der Waals surface area (Å²) in [5.74, 6) is -0.527. The van der Waals surface area contributed by atoms with E-state index >= 15 is 0 Å². The summed E-state index contributed by atoms with van der Waals surface area (Å²) in [5, 5.41) is 1.20. The number of anilines is 2. The number of furan rings is 1. The molecule has 0 saturated carbocycles. The molecule has 0 aliphatic rings. The number of halogens is 2. The minimum Gasteiger partial charge on any atom is -0.436 e. The Labute approximate surface area is 147 Å². The van der Waals surface area contributed by atoms with Crippen molar-refractivity contribution in [2.45, 2.75) is 0 Å². The van der Waals surface area contributed by atoms with Gasteiger partial charge in [0.25, 0.3) is 0 Å². The Bertz CT molecular complexity index is 1110. The standard InChI is InChI=1S/C18H12ClFN4O/c19-11-3-1-2-9(6-11)12-8-24-16(10-4-5-23-13(20)7-10)17-14(12)15(21)18(22)25-17/h1-8H,21-22H2. The highest BCUT2D eigenvalue weighted by Gasteiger charge is 2.20. The SMILES string of the molecule is Nc1oc2c(-c3ccnc(F)c3)ncc(-c3cccc(Cl)c3)c2c1N. The monoisotopic (exact) mass is 354 g/mol. The van der Waals surface area contributed by atoms with Crippen LogP contribution < -0.4 is 11.5 Å². The number of hydrogen-bond donors (Lipinski definition) is 2. The fraction of sp³-hybridized carbons (Fsp3) is 0. The average Bonchev–Trinajstić information content (AvgIpc) is 2.89. The fourth-order valence-corrected chi connectivity index (χ4v) is 2.97. The van der Waals surface area contributed by atoms with Crippen LogP contribution in [0.15, 0.2) is 53.2 Å². The first kappa shape index (κ1) is 15.4. The van der Waals surface area contributed by atoms with Crippen LogP contribution in [-0.2, 0) is 0 Å². The summed E-state index contributed by atoms with van der Waals surface area (Å²) >= 11 is 6.09. The highest BCUT2D eigenvalue weighted by Crippen LogP contribution is 2.41. The summed E-state index contributed by atoms with van der Waals surface area (Å²) < 4.78 is 19.1. The number of aromatic nitrogens is 2. The van der Waals surface area contributed by atoms with Crippen LogP contribution in [0.4, 0.5) is 16.0 Å². The van der Waals surface area contributed by atoms with Gasteiger partial charge in [-0.15, -0.1) is 0 Å². The summed E-state index contributed by atoms with van der Waals surface area (Å²) in [5.41, 5.74) is 15.2. The molecular formula is C18H12ClFN4O. The summed E-state index contributed by atoms with van der Waals surface area (Å²) in [6.45, 7) is 0. The molecule has 4 N–H and O–H groups in total. The zero-order valence-corrected chi connectivity index (χ0v) is 13.6. The summed E-state index contributed by atoms with van der Waals surface area (Å²) in [7, 11) is 0. The molecule has 0 fully saturated rings. The molecule has 0 amide bonds. The lowest BCUT2D eigenvalue weighted by molar-refractivity contribution is 0.584. The van der Waals surface area contributed by atoms with Gasteiger partial charge in [0.15, 0.2) is 5.58 Å². The van der Waals surface area contributed by atoms with Crippen molar-refractivity contribution < 1.29 is 8.81 Å². The molecule has 0 aliphatic carbocycles.